The number of nitrogens with one attached hydrogen (secondary N) is 1. The van der Waals surface area contributed by atoms with Gasteiger partial charge in [-0.05, 0) is 29.2 Å². The Hall–Kier alpha value is -4.14. The number of carboxylic acid groups (broad SMARTS) is 1. The number of hydrogen-bond donors (Lipinski definition) is 2. The van der Waals surface area contributed by atoms with E-state index in [4.69, 9.17) is 14.3 Å². The lowest BCUT2D eigenvalue weighted by Gasteiger charge is -2.20. The second kappa shape index (κ2) is 9.15. The molecule has 1 aromatic heterocycles. The summed E-state index contributed by atoms with van der Waals surface area (Å²) in [7, 11) is 1.36. The summed E-state index contributed by atoms with van der Waals surface area (Å²) in [5.41, 5.74) is 4.40. The fourth-order valence-corrected chi connectivity index (χ4v) is 3.88. The van der Waals surface area contributed by atoms with Gasteiger partial charge < -0.3 is 24.5 Å². The van der Waals surface area contributed by atoms with Crippen molar-refractivity contribution in [3.05, 3.63) is 77.5 Å². The van der Waals surface area contributed by atoms with E-state index in [1.54, 1.807) is 0 Å². The summed E-state index contributed by atoms with van der Waals surface area (Å²) >= 11 is 0. The van der Waals surface area contributed by atoms with Crippen LogP contribution in [0.5, 0.6) is 0 Å². The lowest BCUT2D eigenvalue weighted by Crippen LogP contribution is -2.40. The first kappa shape index (κ1) is 22.1. The standard InChI is InChI=1S/C24H23N3O6/c1-14(23(29)30)27(2)22(28)21-20(33-13-26-21)11-25-24(31)32-12-19-17-9-5-3-7-15(17)16-8-4-6-10-18(16)19/h3-10,13-14,19H,11-12H2,1-2H3,(H,25,31)(H,29,30)/t14-/m0/s1. The van der Waals surface area contributed by atoms with E-state index in [1.165, 1.54) is 14.0 Å². The molecule has 4 rings (SSSR count). The van der Waals surface area contributed by atoms with E-state index in [1.807, 2.05) is 36.4 Å². The third-order valence-electron chi connectivity index (χ3n) is 5.84. The largest absolute Gasteiger partial charge is 0.480 e. The monoisotopic (exact) mass is 449 g/mol. The van der Waals surface area contributed by atoms with E-state index < -0.39 is 24.0 Å². The van der Waals surface area contributed by atoms with Gasteiger partial charge in [0.2, 0.25) is 0 Å². The Kier molecular flexibility index (Phi) is 6.12. The molecule has 1 heterocycles. The van der Waals surface area contributed by atoms with E-state index in [0.717, 1.165) is 33.5 Å². The van der Waals surface area contributed by atoms with Crippen LogP contribution in [0.1, 0.15) is 40.2 Å². The molecule has 2 N–H and O–H groups in total. The van der Waals surface area contributed by atoms with Crippen LogP contribution in [0.15, 0.2) is 59.3 Å². The molecule has 0 radical (unpaired) electrons. The molecule has 9 heteroatoms. The zero-order valence-corrected chi connectivity index (χ0v) is 18.1. The lowest BCUT2D eigenvalue weighted by molar-refractivity contribution is -0.141. The molecule has 0 saturated carbocycles. The molecular formula is C24H23N3O6. The van der Waals surface area contributed by atoms with Crippen LogP contribution in [0.4, 0.5) is 4.79 Å². The van der Waals surface area contributed by atoms with Gasteiger partial charge in [-0.25, -0.2) is 14.6 Å². The quantitative estimate of drug-likeness (QED) is 0.568. The smallest absolute Gasteiger partial charge is 0.407 e. The normalized spacial score (nSPS) is 13.0. The zero-order chi connectivity index (χ0) is 23.5. The van der Waals surface area contributed by atoms with Gasteiger partial charge in [-0.15, -0.1) is 0 Å². The highest BCUT2D eigenvalue weighted by atomic mass is 16.5. The van der Waals surface area contributed by atoms with E-state index in [2.05, 4.69) is 22.4 Å². The van der Waals surface area contributed by atoms with Gasteiger partial charge in [-0.2, -0.15) is 0 Å². The first-order chi connectivity index (χ1) is 15.9. The minimum absolute atomic E-state index is 0.0652. The maximum absolute atomic E-state index is 12.5. The summed E-state index contributed by atoms with van der Waals surface area (Å²) in [5, 5.41) is 11.7. The Bertz CT molecular complexity index is 1160. The third-order valence-corrected chi connectivity index (χ3v) is 5.84. The fourth-order valence-electron chi connectivity index (χ4n) is 3.88. The van der Waals surface area contributed by atoms with Crippen LogP contribution in [-0.2, 0) is 16.1 Å². The van der Waals surface area contributed by atoms with Crippen molar-refractivity contribution >= 4 is 18.0 Å². The van der Waals surface area contributed by atoms with Crippen LogP contribution >= 0.6 is 0 Å². The summed E-state index contributed by atoms with van der Waals surface area (Å²) in [4.78, 5) is 41.0. The number of ether oxygens (including phenoxy) is 1. The van der Waals surface area contributed by atoms with Crippen molar-refractivity contribution in [3.8, 4) is 11.1 Å². The van der Waals surface area contributed by atoms with Gasteiger partial charge >= 0.3 is 12.1 Å². The van der Waals surface area contributed by atoms with Crippen LogP contribution < -0.4 is 5.32 Å². The number of carbonyl (C=O) groups is 3. The van der Waals surface area contributed by atoms with E-state index in [-0.39, 0.29) is 30.5 Å². The van der Waals surface area contributed by atoms with Crippen LogP contribution in [0.25, 0.3) is 11.1 Å². The Morgan fingerprint density at radius 2 is 1.73 bits per heavy atom. The highest BCUT2D eigenvalue weighted by Gasteiger charge is 2.30. The summed E-state index contributed by atoms with van der Waals surface area (Å²) in [6.07, 6.45) is 0.403. The molecule has 0 unspecified atom stereocenters. The number of amides is 2. The predicted octanol–water partition coefficient (Wildman–Crippen LogP) is 3.26. The van der Waals surface area contributed by atoms with Gasteiger partial charge in [0.25, 0.3) is 5.91 Å². The predicted molar refractivity (Wildman–Crippen MR) is 118 cm³/mol. The maximum Gasteiger partial charge on any atom is 0.407 e. The molecule has 170 valence electrons. The van der Waals surface area contributed by atoms with Gasteiger partial charge in [-0.1, -0.05) is 48.5 Å². The summed E-state index contributed by atoms with van der Waals surface area (Å²) in [6.45, 7) is 1.41. The molecule has 9 nitrogen and oxygen atoms in total. The molecule has 2 amide bonds. The average molecular weight is 449 g/mol. The van der Waals surface area contributed by atoms with Gasteiger partial charge in [0.05, 0.1) is 6.54 Å². The van der Waals surface area contributed by atoms with Crippen molar-refractivity contribution in [2.75, 3.05) is 13.7 Å². The van der Waals surface area contributed by atoms with Crippen LogP contribution in [0, 0.1) is 0 Å². The maximum atomic E-state index is 12.5. The van der Waals surface area contributed by atoms with Crippen LogP contribution in [0.3, 0.4) is 0 Å². The van der Waals surface area contributed by atoms with Crippen LogP contribution in [-0.4, -0.2) is 52.7 Å². The molecular weight excluding hydrogens is 426 g/mol. The summed E-state index contributed by atoms with van der Waals surface area (Å²) in [6, 6.07) is 15.0. The number of likely N-dealkylation sites (N-methyl/N-ethyl adjacent to an activating group) is 1. The van der Waals surface area contributed by atoms with Crippen molar-refractivity contribution < 1.29 is 28.6 Å². The number of aromatic nitrogens is 1. The third kappa shape index (κ3) is 4.30. The average Bonchev–Trinajstić information content (AvgIpc) is 3.42. The lowest BCUT2D eigenvalue weighted by atomic mass is 9.98. The summed E-state index contributed by atoms with van der Waals surface area (Å²) in [5.74, 6) is -1.73. The number of benzene rings is 2. The number of carboxylic acids is 1. The topological polar surface area (TPSA) is 122 Å². The van der Waals surface area contributed by atoms with Gasteiger partial charge in [-0.3, -0.25) is 4.79 Å². The number of fused-ring (bicyclic) bond motifs is 3. The highest BCUT2D eigenvalue weighted by Crippen LogP contribution is 2.44. The molecule has 2 aromatic carbocycles. The minimum atomic E-state index is -1.15. The van der Waals surface area contributed by atoms with Gasteiger partial charge in [0, 0.05) is 13.0 Å². The van der Waals surface area contributed by atoms with E-state index in [9.17, 15) is 14.4 Å². The number of hydrogen-bond acceptors (Lipinski definition) is 6. The molecule has 0 bridgehead atoms. The van der Waals surface area contributed by atoms with Gasteiger partial charge in [0.1, 0.15) is 12.6 Å². The minimum Gasteiger partial charge on any atom is -0.480 e. The Labute approximate surface area is 190 Å². The number of carbonyl (C=O) groups excluding carboxylic acids is 2. The number of oxazole rings is 1. The van der Waals surface area contributed by atoms with Gasteiger partial charge in [0.15, 0.2) is 17.8 Å². The van der Waals surface area contributed by atoms with Crippen LogP contribution in [0.2, 0.25) is 0 Å². The van der Waals surface area contributed by atoms with Crippen molar-refractivity contribution in [2.45, 2.75) is 25.4 Å². The van der Waals surface area contributed by atoms with Crippen molar-refractivity contribution in [2.24, 2.45) is 0 Å². The Morgan fingerprint density at radius 1 is 1.12 bits per heavy atom. The number of rotatable bonds is 7. The van der Waals surface area contributed by atoms with Crippen molar-refractivity contribution in [1.29, 1.82) is 0 Å². The number of nitrogens with zero attached hydrogens (tertiary/aromatic N) is 2. The summed E-state index contributed by atoms with van der Waals surface area (Å²) < 4.78 is 10.7. The fraction of sp³-hybridized carbons (Fsp3) is 0.250. The second-order valence-electron chi connectivity index (χ2n) is 7.73. The molecule has 0 fully saturated rings. The van der Waals surface area contributed by atoms with Crippen molar-refractivity contribution in [3.63, 3.8) is 0 Å². The molecule has 1 aliphatic rings. The molecule has 0 aliphatic heterocycles. The molecule has 0 saturated heterocycles. The molecule has 0 spiro atoms. The number of aliphatic carboxylic acids is 1. The van der Waals surface area contributed by atoms with Crippen molar-refractivity contribution in [1.82, 2.24) is 15.2 Å². The highest BCUT2D eigenvalue weighted by molar-refractivity contribution is 5.95. The molecule has 1 atom stereocenters. The van der Waals surface area contributed by atoms with E-state index in [0.29, 0.717) is 0 Å². The van der Waals surface area contributed by atoms with E-state index >= 15 is 0 Å². The SMILES string of the molecule is C[C@@H](C(=O)O)N(C)C(=O)c1ncoc1CNC(=O)OCC1c2ccccc2-c2ccccc21. The second-order valence-corrected chi connectivity index (χ2v) is 7.73. The Balaban J connectivity index is 1.38. The zero-order valence-electron chi connectivity index (χ0n) is 18.1. The number of alkyl carbamates (subject to hydrolysis) is 1. The molecule has 33 heavy (non-hydrogen) atoms. The molecule has 1 aliphatic carbocycles. The Morgan fingerprint density at radius 3 is 2.33 bits per heavy atom. The first-order valence-electron chi connectivity index (χ1n) is 10.4. The molecule has 3 aromatic rings. The first-order valence-corrected chi connectivity index (χ1v) is 10.4.